The number of hydrogen-bond acceptors (Lipinski definition) is 5. The van der Waals surface area contributed by atoms with E-state index in [0.717, 1.165) is 17.2 Å². The molecule has 2 rings (SSSR count). The average molecular weight is 385 g/mol. The molecule has 0 aliphatic carbocycles. The van der Waals surface area contributed by atoms with Crippen LogP contribution in [0.5, 0.6) is 0 Å². The molecule has 0 saturated carbocycles. The van der Waals surface area contributed by atoms with E-state index in [-0.39, 0.29) is 12.2 Å². The molecule has 106 valence electrons. The Kier molecular flexibility index (Phi) is 4.23. The summed E-state index contributed by atoms with van der Waals surface area (Å²) in [5, 5.41) is 20.1. The molecule has 0 radical (unpaired) electrons. The van der Waals surface area contributed by atoms with Gasteiger partial charge >= 0.3 is 0 Å². The zero-order valence-corrected chi connectivity index (χ0v) is 12.0. The van der Waals surface area contributed by atoms with E-state index in [1.807, 2.05) is 22.6 Å². The Hall–Kier alpha value is -0.580. The molecule has 2 aliphatic heterocycles. The van der Waals surface area contributed by atoms with Crippen LogP contribution in [0.1, 0.15) is 6.42 Å². The second kappa shape index (κ2) is 5.43. The summed E-state index contributed by atoms with van der Waals surface area (Å²) < 4.78 is 18.8. The summed E-state index contributed by atoms with van der Waals surface area (Å²) in [5.41, 5.74) is -2.18. The van der Waals surface area contributed by atoms with Gasteiger partial charge in [0.2, 0.25) is 5.91 Å². The number of carbonyl (C=O) groups excluding carboxylic acids is 2. The summed E-state index contributed by atoms with van der Waals surface area (Å²) in [7, 11) is 0. The largest absolute Gasteiger partial charge is 0.387 e. The number of halogens is 2. The van der Waals surface area contributed by atoms with Gasteiger partial charge in [0.1, 0.15) is 12.8 Å². The highest BCUT2D eigenvalue weighted by Crippen LogP contribution is 2.35. The van der Waals surface area contributed by atoms with Crippen molar-refractivity contribution < 1.29 is 28.9 Å². The van der Waals surface area contributed by atoms with Crippen LogP contribution in [0.25, 0.3) is 0 Å². The number of ketones is 1. The van der Waals surface area contributed by atoms with Crippen LogP contribution in [0.15, 0.2) is 12.3 Å². The Morgan fingerprint density at radius 1 is 1.58 bits per heavy atom. The zero-order valence-electron chi connectivity index (χ0n) is 9.83. The summed E-state index contributed by atoms with van der Waals surface area (Å²) in [5.74, 6) is -0.959. The van der Waals surface area contributed by atoms with E-state index in [4.69, 9.17) is 4.74 Å². The fourth-order valence-corrected chi connectivity index (χ4v) is 2.84. The minimum absolute atomic E-state index is 0.336. The first-order valence-corrected chi connectivity index (χ1v) is 7.16. The van der Waals surface area contributed by atoms with Gasteiger partial charge in [0, 0.05) is 10.6 Å². The average Bonchev–Trinajstić information content (AvgIpc) is 2.63. The van der Waals surface area contributed by atoms with Crippen molar-refractivity contribution in [1.82, 2.24) is 4.90 Å². The molecule has 0 unspecified atom stereocenters. The molecule has 4 atom stereocenters. The smallest absolute Gasteiger partial charge is 0.236 e. The fraction of sp³-hybridized carbons (Fsp3) is 0.636. The molecule has 1 amide bonds. The Labute approximate surface area is 122 Å². The van der Waals surface area contributed by atoms with Crippen molar-refractivity contribution in [3.8, 4) is 0 Å². The van der Waals surface area contributed by atoms with Gasteiger partial charge in [-0.15, -0.1) is 0 Å². The third-order valence-electron chi connectivity index (χ3n) is 3.25. The maximum absolute atomic E-state index is 13.1. The van der Waals surface area contributed by atoms with Gasteiger partial charge in [-0.2, -0.15) is 0 Å². The lowest BCUT2D eigenvalue weighted by atomic mass is 9.95. The van der Waals surface area contributed by atoms with Crippen LogP contribution in [-0.2, 0) is 14.3 Å². The van der Waals surface area contributed by atoms with Crippen molar-refractivity contribution in [1.29, 1.82) is 0 Å². The van der Waals surface area contributed by atoms with Crippen LogP contribution >= 0.6 is 22.6 Å². The Balaban J connectivity index is 2.30. The predicted octanol–water partition coefficient (Wildman–Crippen LogP) is -0.477. The fourth-order valence-electron chi connectivity index (χ4n) is 2.15. The SMILES string of the molecule is O=C1C=CN([C@@H]2O[C@H](CI)[C@@H](O)[C@]2(O)CF)C(=O)C1. The molecule has 2 N–H and O–H groups in total. The normalized spacial score (nSPS) is 39.2. The molecule has 6 nitrogen and oxygen atoms in total. The predicted molar refractivity (Wildman–Crippen MR) is 70.1 cm³/mol. The minimum Gasteiger partial charge on any atom is -0.387 e. The molecule has 1 fully saturated rings. The van der Waals surface area contributed by atoms with Crippen molar-refractivity contribution in [2.75, 3.05) is 11.1 Å². The van der Waals surface area contributed by atoms with Crippen molar-refractivity contribution >= 4 is 34.3 Å². The number of carbonyl (C=O) groups is 2. The Morgan fingerprint density at radius 2 is 2.26 bits per heavy atom. The number of aliphatic hydroxyl groups is 2. The first kappa shape index (κ1) is 14.8. The van der Waals surface area contributed by atoms with Gasteiger partial charge < -0.3 is 14.9 Å². The number of allylic oxidation sites excluding steroid dienone is 1. The Bertz CT molecular complexity index is 431. The number of rotatable bonds is 3. The molecule has 2 heterocycles. The van der Waals surface area contributed by atoms with E-state index in [9.17, 15) is 24.2 Å². The van der Waals surface area contributed by atoms with Gasteiger partial charge in [0.25, 0.3) is 0 Å². The topological polar surface area (TPSA) is 87.1 Å². The second-order valence-electron chi connectivity index (χ2n) is 4.51. The maximum Gasteiger partial charge on any atom is 0.236 e. The lowest BCUT2D eigenvalue weighted by Crippen LogP contribution is -2.57. The van der Waals surface area contributed by atoms with Crippen LogP contribution in [0.3, 0.4) is 0 Å². The van der Waals surface area contributed by atoms with Crippen molar-refractivity contribution in [3.63, 3.8) is 0 Å². The monoisotopic (exact) mass is 385 g/mol. The molecular weight excluding hydrogens is 372 g/mol. The molecule has 0 spiro atoms. The van der Waals surface area contributed by atoms with Gasteiger partial charge in [-0.25, -0.2) is 4.39 Å². The minimum atomic E-state index is -2.18. The molecule has 2 aliphatic rings. The number of amides is 1. The quantitative estimate of drug-likeness (QED) is 0.390. The summed E-state index contributed by atoms with van der Waals surface area (Å²) in [6, 6.07) is 0. The number of alkyl halides is 2. The molecule has 0 bridgehead atoms. The molecule has 1 saturated heterocycles. The highest BCUT2D eigenvalue weighted by Gasteiger charge is 2.58. The van der Waals surface area contributed by atoms with E-state index >= 15 is 0 Å². The molecule has 19 heavy (non-hydrogen) atoms. The molecule has 0 aromatic rings. The molecule has 8 heteroatoms. The molecular formula is C11H13FINO5. The van der Waals surface area contributed by atoms with Gasteiger partial charge in [0.05, 0.1) is 12.5 Å². The van der Waals surface area contributed by atoms with E-state index in [1.165, 1.54) is 0 Å². The number of hydrogen-bond donors (Lipinski definition) is 2. The van der Waals surface area contributed by atoms with E-state index in [1.54, 1.807) is 0 Å². The summed E-state index contributed by atoms with van der Waals surface area (Å²) in [4.78, 5) is 23.8. The van der Waals surface area contributed by atoms with Crippen LogP contribution in [0, 0.1) is 0 Å². The highest BCUT2D eigenvalue weighted by molar-refractivity contribution is 14.1. The first-order valence-electron chi connectivity index (χ1n) is 5.64. The lowest BCUT2D eigenvalue weighted by Gasteiger charge is -2.35. The van der Waals surface area contributed by atoms with Crippen LogP contribution in [0.4, 0.5) is 4.39 Å². The summed E-state index contributed by atoms with van der Waals surface area (Å²) in [6.45, 7) is -1.25. The number of ether oxygens (including phenoxy) is 1. The third-order valence-corrected chi connectivity index (χ3v) is 4.12. The summed E-state index contributed by atoms with van der Waals surface area (Å²) >= 11 is 1.93. The van der Waals surface area contributed by atoms with Crippen LogP contribution < -0.4 is 0 Å². The summed E-state index contributed by atoms with van der Waals surface area (Å²) in [6.07, 6.45) is -1.58. The second-order valence-corrected chi connectivity index (χ2v) is 5.39. The maximum atomic E-state index is 13.1. The van der Waals surface area contributed by atoms with Crippen LogP contribution in [0.2, 0.25) is 0 Å². The van der Waals surface area contributed by atoms with Crippen molar-refractivity contribution in [2.24, 2.45) is 0 Å². The Morgan fingerprint density at radius 3 is 2.79 bits per heavy atom. The van der Waals surface area contributed by atoms with Gasteiger partial charge in [-0.3, -0.25) is 14.5 Å². The standard InChI is InChI=1S/C11H13FINO5/c12-5-11(18)9(17)7(4-13)19-10(11)14-2-1-6(15)3-8(14)16/h1-2,7,9-10,17-18H,3-5H2/t7-,9-,10-,11-/m1/s1. The van der Waals surface area contributed by atoms with Gasteiger partial charge in [-0.05, 0) is 6.08 Å². The third kappa shape index (κ3) is 2.41. The molecule has 0 aromatic carbocycles. The lowest BCUT2D eigenvalue weighted by molar-refractivity contribution is -0.163. The number of nitrogens with zero attached hydrogens (tertiary/aromatic N) is 1. The van der Waals surface area contributed by atoms with Crippen molar-refractivity contribution in [2.45, 2.75) is 30.5 Å². The first-order chi connectivity index (χ1) is 8.93. The zero-order chi connectivity index (χ0) is 14.2. The molecule has 0 aromatic heterocycles. The van der Waals surface area contributed by atoms with Gasteiger partial charge in [-0.1, -0.05) is 22.6 Å². The van der Waals surface area contributed by atoms with Gasteiger partial charge in [0.15, 0.2) is 17.6 Å². The van der Waals surface area contributed by atoms with Crippen LogP contribution in [-0.4, -0.2) is 61.9 Å². The highest BCUT2D eigenvalue weighted by atomic mass is 127. The van der Waals surface area contributed by atoms with Crippen molar-refractivity contribution in [3.05, 3.63) is 12.3 Å². The van der Waals surface area contributed by atoms with E-state index in [0.29, 0.717) is 4.43 Å². The van der Waals surface area contributed by atoms with E-state index < -0.39 is 36.6 Å². The number of aliphatic hydroxyl groups excluding tert-OH is 1. The van der Waals surface area contributed by atoms with E-state index in [2.05, 4.69) is 0 Å².